The highest BCUT2D eigenvalue weighted by Crippen LogP contribution is 2.18. The van der Waals surface area contributed by atoms with Crippen LogP contribution in [0.15, 0.2) is 10.9 Å². The van der Waals surface area contributed by atoms with Gasteiger partial charge in [0.05, 0.1) is 12.1 Å². The lowest BCUT2D eigenvalue weighted by molar-refractivity contribution is -0.136. The second-order valence-electron chi connectivity index (χ2n) is 4.66. The molecule has 0 saturated carbocycles. The van der Waals surface area contributed by atoms with Gasteiger partial charge in [-0.2, -0.15) is 0 Å². The average molecular weight is 283 g/mol. The molecule has 1 aromatic rings. The average Bonchev–Trinajstić information content (AvgIpc) is 2.91. The van der Waals surface area contributed by atoms with Gasteiger partial charge in [0.2, 0.25) is 0 Å². The van der Waals surface area contributed by atoms with Gasteiger partial charge in [-0.25, -0.2) is 4.98 Å². The van der Waals surface area contributed by atoms with E-state index in [1.54, 1.807) is 10.9 Å². The van der Waals surface area contributed by atoms with Crippen molar-refractivity contribution in [2.24, 2.45) is 5.92 Å². The highest BCUT2D eigenvalue weighted by Gasteiger charge is 2.25. The normalized spacial score (nSPS) is 19.4. The Bertz CT molecular complexity index is 435. The number of carboxylic acid groups (broad SMARTS) is 1. The van der Waals surface area contributed by atoms with Crippen LogP contribution in [0.4, 0.5) is 0 Å². The molecule has 104 valence electrons. The number of hydrogen-bond acceptors (Lipinski definition) is 5. The first-order chi connectivity index (χ1) is 9.16. The zero-order chi connectivity index (χ0) is 13.7. The maximum atomic E-state index is 12.1. The molecule has 6 nitrogen and oxygen atoms in total. The minimum absolute atomic E-state index is 0.0239. The van der Waals surface area contributed by atoms with Crippen molar-refractivity contribution < 1.29 is 14.7 Å². The summed E-state index contributed by atoms with van der Waals surface area (Å²) in [6.07, 6.45) is 1.97. The van der Waals surface area contributed by atoms with Crippen molar-refractivity contribution in [2.45, 2.75) is 12.8 Å². The number of aliphatic carboxylic acids is 1. The highest BCUT2D eigenvalue weighted by molar-refractivity contribution is 7.07. The number of nitrogens with zero attached hydrogens (tertiary/aromatic N) is 2. The molecule has 1 saturated heterocycles. The van der Waals surface area contributed by atoms with Crippen molar-refractivity contribution in [1.29, 1.82) is 0 Å². The number of thiazole rings is 1. The van der Waals surface area contributed by atoms with Crippen LogP contribution < -0.4 is 5.32 Å². The minimum Gasteiger partial charge on any atom is -0.480 e. The summed E-state index contributed by atoms with van der Waals surface area (Å²) in [7, 11) is 0. The molecule has 2 N–H and O–H groups in total. The Hall–Kier alpha value is -1.47. The Morgan fingerprint density at radius 3 is 3.11 bits per heavy atom. The predicted octanol–water partition coefficient (Wildman–Crippen LogP) is 0.669. The summed E-state index contributed by atoms with van der Waals surface area (Å²) < 4.78 is 0. The van der Waals surface area contributed by atoms with Crippen molar-refractivity contribution in [3.05, 3.63) is 16.6 Å². The smallest absolute Gasteiger partial charge is 0.317 e. The maximum absolute atomic E-state index is 12.1. The van der Waals surface area contributed by atoms with Crippen LogP contribution in [0, 0.1) is 5.92 Å². The van der Waals surface area contributed by atoms with E-state index in [0.717, 1.165) is 19.4 Å². The van der Waals surface area contributed by atoms with Gasteiger partial charge in [0.1, 0.15) is 5.69 Å². The molecule has 1 fully saturated rings. The van der Waals surface area contributed by atoms with Crippen molar-refractivity contribution in [3.63, 3.8) is 0 Å². The number of aromatic nitrogens is 1. The largest absolute Gasteiger partial charge is 0.480 e. The fourth-order valence-electron chi connectivity index (χ4n) is 2.28. The summed E-state index contributed by atoms with van der Waals surface area (Å²) in [6, 6.07) is 0. The summed E-state index contributed by atoms with van der Waals surface area (Å²) in [5.74, 6) is -0.564. The molecular formula is C12H17N3O3S. The first-order valence-electron chi connectivity index (χ1n) is 6.27. The van der Waals surface area contributed by atoms with Crippen LogP contribution in [0.5, 0.6) is 0 Å². The van der Waals surface area contributed by atoms with Crippen LogP contribution >= 0.6 is 11.3 Å². The Balaban J connectivity index is 1.83. The molecular weight excluding hydrogens is 266 g/mol. The third kappa shape index (κ3) is 4.00. The van der Waals surface area contributed by atoms with Gasteiger partial charge in [0.25, 0.3) is 5.91 Å². The van der Waals surface area contributed by atoms with Gasteiger partial charge in [-0.3, -0.25) is 9.59 Å². The van der Waals surface area contributed by atoms with Crippen molar-refractivity contribution >= 4 is 23.2 Å². The van der Waals surface area contributed by atoms with E-state index in [4.69, 9.17) is 5.11 Å². The second kappa shape index (κ2) is 6.63. The Morgan fingerprint density at radius 2 is 2.42 bits per heavy atom. The van der Waals surface area contributed by atoms with Gasteiger partial charge in [-0.05, 0) is 18.8 Å². The van der Waals surface area contributed by atoms with Gasteiger partial charge >= 0.3 is 5.97 Å². The van der Waals surface area contributed by atoms with Crippen LogP contribution in [0.25, 0.3) is 0 Å². The Labute approximate surface area is 115 Å². The fraction of sp³-hybridized carbons (Fsp3) is 0.583. The number of hydrogen-bond donors (Lipinski definition) is 2. The van der Waals surface area contributed by atoms with E-state index < -0.39 is 5.97 Å². The molecule has 2 heterocycles. The summed E-state index contributed by atoms with van der Waals surface area (Å²) in [4.78, 5) is 28.4. The third-order valence-electron chi connectivity index (χ3n) is 3.17. The molecule has 7 heteroatoms. The van der Waals surface area contributed by atoms with Gasteiger partial charge in [0, 0.05) is 25.0 Å². The number of carboxylic acids is 1. The van der Waals surface area contributed by atoms with Crippen LogP contribution in [-0.2, 0) is 4.79 Å². The van der Waals surface area contributed by atoms with Crippen molar-refractivity contribution in [3.8, 4) is 0 Å². The molecule has 2 rings (SSSR count). The van der Waals surface area contributed by atoms with E-state index in [0.29, 0.717) is 24.7 Å². The highest BCUT2D eigenvalue weighted by atomic mass is 32.1. The summed E-state index contributed by atoms with van der Waals surface area (Å²) in [5, 5.41) is 13.2. The summed E-state index contributed by atoms with van der Waals surface area (Å²) >= 11 is 1.41. The third-order valence-corrected chi connectivity index (χ3v) is 3.75. The van der Waals surface area contributed by atoms with Crippen molar-refractivity contribution in [2.75, 3.05) is 26.2 Å². The van der Waals surface area contributed by atoms with E-state index in [2.05, 4.69) is 10.3 Å². The van der Waals surface area contributed by atoms with Crippen LogP contribution in [-0.4, -0.2) is 53.0 Å². The molecule has 1 atom stereocenters. The zero-order valence-corrected chi connectivity index (χ0v) is 11.4. The topological polar surface area (TPSA) is 82.5 Å². The number of amides is 1. The lowest BCUT2D eigenvalue weighted by Gasteiger charge is -2.32. The molecule has 0 bridgehead atoms. The lowest BCUT2D eigenvalue weighted by atomic mass is 9.98. The molecule has 0 radical (unpaired) electrons. The van der Waals surface area contributed by atoms with Crippen LogP contribution in [0.2, 0.25) is 0 Å². The first-order valence-corrected chi connectivity index (χ1v) is 7.21. The van der Waals surface area contributed by atoms with Crippen molar-refractivity contribution in [1.82, 2.24) is 15.2 Å². The number of nitrogens with one attached hydrogen (secondary N) is 1. The molecule has 0 spiro atoms. The number of piperidine rings is 1. The van der Waals surface area contributed by atoms with Gasteiger partial charge in [-0.15, -0.1) is 11.3 Å². The van der Waals surface area contributed by atoms with E-state index in [1.165, 1.54) is 11.3 Å². The molecule has 19 heavy (non-hydrogen) atoms. The molecule has 1 aliphatic heterocycles. The van der Waals surface area contributed by atoms with E-state index in [1.807, 2.05) is 4.90 Å². The van der Waals surface area contributed by atoms with E-state index >= 15 is 0 Å². The zero-order valence-electron chi connectivity index (χ0n) is 10.5. The molecule has 1 aliphatic rings. The standard InChI is InChI=1S/C12H17N3O3S/c16-11(17)5-13-4-9-2-1-3-15(6-9)12(18)10-7-19-8-14-10/h7-9,13H,1-6H2,(H,16,17). The quantitative estimate of drug-likeness (QED) is 0.830. The van der Waals surface area contributed by atoms with Crippen LogP contribution in [0.3, 0.4) is 0 Å². The lowest BCUT2D eigenvalue weighted by Crippen LogP contribution is -2.43. The summed E-state index contributed by atoms with van der Waals surface area (Å²) in [6.45, 7) is 2.03. The SMILES string of the molecule is O=C(O)CNCC1CCCN(C(=O)c2cscn2)C1. The predicted molar refractivity (Wildman–Crippen MR) is 71.2 cm³/mol. The van der Waals surface area contributed by atoms with Gasteiger partial charge < -0.3 is 15.3 Å². The van der Waals surface area contributed by atoms with Gasteiger partial charge in [0.15, 0.2) is 0 Å². The van der Waals surface area contributed by atoms with Crippen LogP contribution in [0.1, 0.15) is 23.3 Å². The monoisotopic (exact) mass is 283 g/mol. The van der Waals surface area contributed by atoms with E-state index in [9.17, 15) is 9.59 Å². The number of carbonyl (C=O) groups is 2. The summed E-state index contributed by atoms with van der Waals surface area (Å²) in [5.41, 5.74) is 2.16. The molecule has 0 aliphatic carbocycles. The van der Waals surface area contributed by atoms with Gasteiger partial charge in [-0.1, -0.05) is 0 Å². The number of rotatable bonds is 5. The fourth-order valence-corrected chi connectivity index (χ4v) is 2.81. The Kier molecular flexibility index (Phi) is 4.86. The first kappa shape index (κ1) is 14.0. The molecule has 1 unspecified atom stereocenters. The minimum atomic E-state index is -0.855. The molecule has 1 aromatic heterocycles. The Morgan fingerprint density at radius 1 is 1.58 bits per heavy atom. The maximum Gasteiger partial charge on any atom is 0.317 e. The second-order valence-corrected chi connectivity index (χ2v) is 5.38. The van der Waals surface area contributed by atoms with E-state index in [-0.39, 0.29) is 12.5 Å². The molecule has 0 aromatic carbocycles. The molecule has 1 amide bonds. The number of likely N-dealkylation sites (tertiary alicyclic amines) is 1. The number of carbonyl (C=O) groups excluding carboxylic acids is 1.